The van der Waals surface area contributed by atoms with Crippen LogP contribution in [-0.4, -0.2) is 37.4 Å². The van der Waals surface area contributed by atoms with E-state index in [1.54, 1.807) is 6.08 Å². The molecule has 0 aromatic carbocycles. The van der Waals surface area contributed by atoms with E-state index in [-0.39, 0.29) is 9.56 Å². The Hall–Kier alpha value is -1.12. The second kappa shape index (κ2) is 6.36. The summed E-state index contributed by atoms with van der Waals surface area (Å²) in [7, 11) is -2.34. The first kappa shape index (κ1) is 15.9. The fourth-order valence-corrected chi connectivity index (χ4v) is 3.49. The third-order valence-corrected chi connectivity index (χ3v) is 5.15. The Morgan fingerprint density at radius 2 is 2.26 bits per heavy atom. The fourth-order valence-electron chi connectivity index (χ4n) is 1.38. The van der Waals surface area contributed by atoms with Gasteiger partial charge in [0.2, 0.25) is 15.8 Å². The number of carboxylic acids is 1. The van der Waals surface area contributed by atoms with Crippen molar-refractivity contribution in [3.8, 4) is 0 Å². The van der Waals surface area contributed by atoms with Crippen molar-refractivity contribution in [2.75, 3.05) is 13.6 Å². The van der Waals surface area contributed by atoms with E-state index in [9.17, 15) is 13.2 Å². The molecule has 19 heavy (non-hydrogen) atoms. The number of unbranched alkanes of at least 4 members (excludes halogenated alkanes) is 1. The molecule has 0 saturated carbocycles. The third-order valence-electron chi connectivity index (χ3n) is 2.44. The van der Waals surface area contributed by atoms with Gasteiger partial charge in [0, 0.05) is 19.7 Å². The smallest absolute Gasteiger partial charge is 0.371 e. The number of carbonyl (C=O) groups is 1. The van der Waals surface area contributed by atoms with E-state index in [0.29, 0.717) is 19.4 Å². The lowest BCUT2D eigenvalue weighted by Gasteiger charge is -2.15. The molecule has 0 spiro atoms. The van der Waals surface area contributed by atoms with Gasteiger partial charge in [-0.1, -0.05) is 6.08 Å². The summed E-state index contributed by atoms with van der Waals surface area (Å²) in [6.45, 7) is 3.87. The monoisotopic (exact) mass is 351 g/mol. The normalized spacial score (nSPS) is 11.7. The maximum absolute atomic E-state index is 12.2. The molecule has 8 heteroatoms. The summed E-state index contributed by atoms with van der Waals surface area (Å²) in [5, 5.41) is 8.77. The lowest BCUT2D eigenvalue weighted by atomic mass is 10.3. The summed E-state index contributed by atoms with van der Waals surface area (Å²) < 4.78 is 30.3. The van der Waals surface area contributed by atoms with Gasteiger partial charge in [-0.25, -0.2) is 17.5 Å². The minimum atomic E-state index is -3.77. The third kappa shape index (κ3) is 3.68. The van der Waals surface area contributed by atoms with Gasteiger partial charge in [-0.15, -0.1) is 6.58 Å². The van der Waals surface area contributed by atoms with Gasteiger partial charge in [-0.2, -0.15) is 0 Å². The highest BCUT2D eigenvalue weighted by atomic mass is 79.9. The molecule has 0 fully saturated rings. The van der Waals surface area contributed by atoms with Gasteiger partial charge in [0.1, 0.15) is 4.90 Å². The number of hydrogen-bond acceptors (Lipinski definition) is 4. The zero-order chi connectivity index (χ0) is 14.6. The van der Waals surface area contributed by atoms with Crippen molar-refractivity contribution in [3.63, 3.8) is 0 Å². The summed E-state index contributed by atoms with van der Waals surface area (Å²) in [6, 6.07) is 0.992. The van der Waals surface area contributed by atoms with E-state index in [0.717, 1.165) is 10.4 Å². The Bertz CT molecular complexity index is 578. The molecule has 0 aliphatic rings. The maximum atomic E-state index is 12.2. The zero-order valence-electron chi connectivity index (χ0n) is 10.3. The summed E-state index contributed by atoms with van der Waals surface area (Å²) >= 11 is 2.92. The van der Waals surface area contributed by atoms with Crippen molar-refractivity contribution >= 4 is 31.9 Å². The van der Waals surface area contributed by atoms with E-state index in [1.807, 2.05) is 0 Å². The van der Waals surface area contributed by atoms with Crippen molar-refractivity contribution < 1.29 is 22.7 Å². The average Bonchev–Trinajstić information content (AvgIpc) is 2.72. The van der Waals surface area contributed by atoms with E-state index in [4.69, 9.17) is 9.52 Å². The number of aromatic carboxylic acids is 1. The second-order valence-corrected chi connectivity index (χ2v) is 6.54. The molecule has 1 aromatic rings. The van der Waals surface area contributed by atoms with E-state index in [2.05, 4.69) is 22.5 Å². The molecule has 0 bridgehead atoms. The van der Waals surface area contributed by atoms with E-state index < -0.39 is 21.8 Å². The van der Waals surface area contributed by atoms with Crippen LogP contribution in [0.25, 0.3) is 0 Å². The topological polar surface area (TPSA) is 87.8 Å². The number of nitrogens with zero attached hydrogens (tertiary/aromatic N) is 1. The summed E-state index contributed by atoms with van der Waals surface area (Å²) in [6.07, 6.45) is 3.05. The van der Waals surface area contributed by atoms with Crippen molar-refractivity contribution in [2.24, 2.45) is 0 Å². The minimum absolute atomic E-state index is 0.111. The van der Waals surface area contributed by atoms with Crippen LogP contribution in [0.15, 0.2) is 32.7 Å². The van der Waals surface area contributed by atoms with Gasteiger partial charge in [-0.3, -0.25) is 0 Å². The van der Waals surface area contributed by atoms with Crippen LogP contribution in [0.2, 0.25) is 0 Å². The van der Waals surface area contributed by atoms with Crippen molar-refractivity contribution in [2.45, 2.75) is 17.7 Å². The highest BCUT2D eigenvalue weighted by Gasteiger charge is 2.28. The first-order valence-corrected chi connectivity index (χ1v) is 7.64. The number of hydrogen-bond donors (Lipinski definition) is 1. The van der Waals surface area contributed by atoms with Crippen LogP contribution in [0, 0.1) is 0 Å². The molecule has 1 heterocycles. The first-order valence-electron chi connectivity index (χ1n) is 5.40. The standard InChI is InChI=1S/C11H14BrNO5S/c1-3-4-5-6-13(2)19(16,17)9-7-8(11(14)15)18-10(9)12/h3,7H,1,4-6H2,2H3,(H,14,15). The molecule has 0 unspecified atom stereocenters. The zero-order valence-corrected chi connectivity index (χ0v) is 12.7. The Labute approximate surface area is 119 Å². The number of allylic oxidation sites excluding steroid dienone is 1. The Morgan fingerprint density at radius 1 is 1.63 bits per heavy atom. The van der Waals surface area contributed by atoms with Gasteiger partial charge in [0.05, 0.1) is 0 Å². The molecule has 0 saturated heterocycles. The summed E-state index contributed by atoms with van der Waals surface area (Å²) in [5.41, 5.74) is 0. The van der Waals surface area contributed by atoms with E-state index in [1.165, 1.54) is 7.05 Å². The van der Waals surface area contributed by atoms with Crippen LogP contribution in [-0.2, 0) is 10.0 Å². The van der Waals surface area contributed by atoms with Crippen LogP contribution in [0.5, 0.6) is 0 Å². The lowest BCUT2D eigenvalue weighted by molar-refractivity contribution is 0.0661. The molecule has 6 nitrogen and oxygen atoms in total. The molecular formula is C11H14BrNO5S. The highest BCUT2D eigenvalue weighted by molar-refractivity contribution is 9.10. The molecule has 106 valence electrons. The quantitative estimate of drug-likeness (QED) is 0.601. The predicted molar refractivity (Wildman–Crippen MR) is 72.6 cm³/mol. The van der Waals surface area contributed by atoms with E-state index >= 15 is 0 Å². The van der Waals surface area contributed by atoms with Gasteiger partial charge in [0.25, 0.3) is 0 Å². The number of sulfonamides is 1. The molecule has 0 atom stereocenters. The number of rotatable bonds is 7. The largest absolute Gasteiger partial charge is 0.475 e. The first-order chi connectivity index (χ1) is 8.80. The lowest BCUT2D eigenvalue weighted by Crippen LogP contribution is -2.27. The van der Waals surface area contributed by atoms with Crippen molar-refractivity contribution in [1.82, 2.24) is 4.31 Å². The van der Waals surface area contributed by atoms with Crippen molar-refractivity contribution in [1.29, 1.82) is 0 Å². The Kier molecular flexibility index (Phi) is 5.33. The molecule has 0 radical (unpaired) electrons. The molecule has 0 aliphatic carbocycles. The predicted octanol–water partition coefficient (Wildman–Crippen LogP) is 2.33. The highest BCUT2D eigenvalue weighted by Crippen LogP contribution is 2.28. The molecule has 0 amide bonds. The van der Waals surface area contributed by atoms with Gasteiger partial charge in [0.15, 0.2) is 4.67 Å². The van der Waals surface area contributed by atoms with Crippen LogP contribution < -0.4 is 0 Å². The molecule has 1 aromatic heterocycles. The molecule has 0 aliphatic heterocycles. The summed E-state index contributed by atoms with van der Waals surface area (Å²) in [4.78, 5) is 10.6. The molecule has 1 N–H and O–H groups in total. The number of furan rings is 1. The van der Waals surface area contributed by atoms with Gasteiger partial charge < -0.3 is 9.52 Å². The second-order valence-electron chi connectivity index (χ2n) is 3.81. The minimum Gasteiger partial charge on any atom is -0.475 e. The van der Waals surface area contributed by atoms with Crippen LogP contribution >= 0.6 is 15.9 Å². The molecular weight excluding hydrogens is 338 g/mol. The number of halogens is 1. The van der Waals surface area contributed by atoms with Crippen LogP contribution in [0.4, 0.5) is 0 Å². The maximum Gasteiger partial charge on any atom is 0.371 e. The van der Waals surface area contributed by atoms with Crippen LogP contribution in [0.3, 0.4) is 0 Å². The Morgan fingerprint density at radius 3 is 2.74 bits per heavy atom. The van der Waals surface area contributed by atoms with Crippen molar-refractivity contribution in [3.05, 3.63) is 29.2 Å². The van der Waals surface area contributed by atoms with Crippen LogP contribution in [0.1, 0.15) is 23.4 Å². The molecule has 1 rings (SSSR count). The fraction of sp³-hybridized carbons (Fsp3) is 0.364. The Balaban J connectivity index is 2.99. The van der Waals surface area contributed by atoms with Gasteiger partial charge >= 0.3 is 5.97 Å². The SMILES string of the molecule is C=CCCCN(C)S(=O)(=O)c1cc(C(=O)O)oc1Br. The summed E-state index contributed by atoms with van der Waals surface area (Å²) in [5.74, 6) is -1.75. The van der Waals surface area contributed by atoms with Gasteiger partial charge in [-0.05, 0) is 28.8 Å². The number of carboxylic acid groups (broad SMARTS) is 1. The average molecular weight is 352 g/mol.